The van der Waals surface area contributed by atoms with E-state index < -0.39 is 6.09 Å². The zero-order valence-electron chi connectivity index (χ0n) is 17.6. The van der Waals surface area contributed by atoms with E-state index in [0.717, 1.165) is 0 Å². The summed E-state index contributed by atoms with van der Waals surface area (Å²) >= 11 is 0. The number of fused-ring (bicyclic) bond motifs is 3. The third kappa shape index (κ3) is 3.97. The van der Waals surface area contributed by atoms with E-state index in [0.29, 0.717) is 25.1 Å². The third-order valence-electron chi connectivity index (χ3n) is 6.15. The van der Waals surface area contributed by atoms with E-state index in [1.165, 1.54) is 22.3 Å². The molecule has 1 unspecified atom stereocenters. The Hall–Kier alpha value is -3.64. The average molecular weight is 428 g/mol. The molecule has 2 amide bonds. The fraction of sp³-hybridized carbons (Fsp3) is 0.231. The molecule has 162 valence electrons. The van der Waals surface area contributed by atoms with Crippen molar-refractivity contribution in [2.75, 3.05) is 19.7 Å². The summed E-state index contributed by atoms with van der Waals surface area (Å²) in [5.74, 6) is -0.118. The van der Waals surface area contributed by atoms with Gasteiger partial charge in [-0.1, -0.05) is 66.7 Å². The van der Waals surface area contributed by atoms with Crippen LogP contribution in [0.25, 0.3) is 11.1 Å². The predicted octanol–water partition coefficient (Wildman–Crippen LogP) is 4.37. The van der Waals surface area contributed by atoms with Crippen LogP contribution in [0.15, 0.2) is 78.9 Å². The van der Waals surface area contributed by atoms with E-state index in [1.807, 2.05) is 42.5 Å². The van der Waals surface area contributed by atoms with Crippen molar-refractivity contribution in [1.82, 2.24) is 10.2 Å². The highest BCUT2D eigenvalue weighted by molar-refractivity contribution is 5.94. The Balaban J connectivity index is 1.14. The third-order valence-corrected chi connectivity index (χ3v) is 6.15. The number of carbonyl (C=O) groups excluding carboxylic acids is 2. The monoisotopic (exact) mass is 428 g/mol. The van der Waals surface area contributed by atoms with Crippen LogP contribution in [0.2, 0.25) is 0 Å². The van der Waals surface area contributed by atoms with Gasteiger partial charge in [0.05, 0.1) is 0 Å². The second-order valence-electron chi connectivity index (χ2n) is 8.13. The topological polar surface area (TPSA) is 67.9 Å². The number of likely N-dealkylation sites (tertiary alicyclic amines) is 1. The molecule has 32 heavy (non-hydrogen) atoms. The maximum atomic E-state index is 12.5. The van der Waals surface area contributed by atoms with Gasteiger partial charge in [0.2, 0.25) is 0 Å². The van der Waals surface area contributed by atoms with Gasteiger partial charge in [-0.25, -0.2) is 4.79 Å². The maximum absolute atomic E-state index is 12.5. The number of hydrogen-bond acceptors (Lipinski definition) is 4. The minimum Gasteiger partial charge on any atom is -0.347 e. The van der Waals surface area contributed by atoms with Crippen molar-refractivity contribution in [2.24, 2.45) is 0 Å². The van der Waals surface area contributed by atoms with Gasteiger partial charge in [0.25, 0.3) is 5.91 Å². The standard InChI is InChI=1S/C26H24N2O4/c29-25(18-8-2-1-3-9-18)27-19-14-15-28(16-19)26(30)32-31-17-24-22-12-6-4-10-20(22)21-11-5-7-13-23(21)24/h1-13,19,24H,14-17H2,(H,27,29). The lowest BCUT2D eigenvalue weighted by Crippen LogP contribution is -2.38. The van der Waals surface area contributed by atoms with Gasteiger partial charge in [-0.3, -0.25) is 9.68 Å². The molecule has 5 rings (SSSR count). The van der Waals surface area contributed by atoms with Crippen LogP contribution >= 0.6 is 0 Å². The van der Waals surface area contributed by atoms with Gasteiger partial charge in [-0.15, -0.1) is 0 Å². The SMILES string of the molecule is O=C(NC1CCN(C(=O)OOCC2c3ccccc3-c3ccccc32)C1)c1ccccc1. The van der Waals surface area contributed by atoms with E-state index in [9.17, 15) is 9.59 Å². The van der Waals surface area contributed by atoms with Crippen molar-refractivity contribution in [3.05, 3.63) is 95.6 Å². The summed E-state index contributed by atoms with van der Waals surface area (Å²) in [6, 6.07) is 25.4. The van der Waals surface area contributed by atoms with Crippen LogP contribution < -0.4 is 5.32 Å². The summed E-state index contributed by atoms with van der Waals surface area (Å²) in [5.41, 5.74) is 5.34. The molecule has 0 aromatic heterocycles. The molecule has 1 aliphatic heterocycles. The molecule has 0 bridgehead atoms. The molecule has 1 atom stereocenters. The fourth-order valence-corrected chi connectivity index (χ4v) is 4.55. The Labute approximate surface area is 186 Å². The second kappa shape index (κ2) is 8.85. The van der Waals surface area contributed by atoms with Gasteiger partial charge in [-0.05, 0) is 40.8 Å². The summed E-state index contributed by atoms with van der Waals surface area (Å²) in [6.45, 7) is 1.16. The molecule has 1 N–H and O–H groups in total. The number of nitrogens with one attached hydrogen (secondary N) is 1. The average Bonchev–Trinajstić information content (AvgIpc) is 3.43. The Bertz CT molecular complexity index is 1090. The van der Waals surface area contributed by atoms with Gasteiger partial charge < -0.3 is 10.2 Å². The molecule has 6 nitrogen and oxygen atoms in total. The molecule has 0 radical (unpaired) electrons. The molecule has 1 heterocycles. The van der Waals surface area contributed by atoms with Crippen LogP contribution in [0.1, 0.15) is 33.8 Å². The number of benzene rings is 3. The molecular weight excluding hydrogens is 404 g/mol. The van der Waals surface area contributed by atoms with Gasteiger partial charge in [-0.2, -0.15) is 4.89 Å². The summed E-state index contributed by atoms with van der Waals surface area (Å²) in [7, 11) is 0. The van der Waals surface area contributed by atoms with Crippen molar-refractivity contribution < 1.29 is 19.4 Å². The number of amides is 2. The first-order valence-electron chi connectivity index (χ1n) is 10.8. The van der Waals surface area contributed by atoms with Gasteiger partial charge >= 0.3 is 6.09 Å². The highest BCUT2D eigenvalue weighted by atomic mass is 17.2. The van der Waals surface area contributed by atoms with Crippen LogP contribution in [-0.2, 0) is 9.78 Å². The first-order valence-corrected chi connectivity index (χ1v) is 10.8. The van der Waals surface area contributed by atoms with Crippen molar-refractivity contribution in [3.63, 3.8) is 0 Å². The predicted molar refractivity (Wildman–Crippen MR) is 120 cm³/mol. The zero-order chi connectivity index (χ0) is 21.9. The molecular formula is C26H24N2O4. The van der Waals surface area contributed by atoms with Gasteiger partial charge in [0.1, 0.15) is 6.61 Å². The van der Waals surface area contributed by atoms with E-state index in [4.69, 9.17) is 9.78 Å². The summed E-state index contributed by atoms with van der Waals surface area (Å²) < 4.78 is 0. The highest BCUT2D eigenvalue weighted by Gasteiger charge is 2.31. The van der Waals surface area contributed by atoms with E-state index >= 15 is 0 Å². The molecule has 2 aliphatic rings. The fourth-order valence-electron chi connectivity index (χ4n) is 4.55. The van der Waals surface area contributed by atoms with Crippen LogP contribution in [0, 0.1) is 0 Å². The summed E-state index contributed by atoms with van der Waals surface area (Å²) in [5, 5.41) is 2.97. The van der Waals surface area contributed by atoms with Crippen molar-refractivity contribution in [3.8, 4) is 11.1 Å². The molecule has 1 saturated heterocycles. The van der Waals surface area contributed by atoms with Crippen molar-refractivity contribution >= 4 is 12.0 Å². The second-order valence-corrected chi connectivity index (χ2v) is 8.13. The molecule has 0 saturated carbocycles. The Morgan fingerprint density at radius 2 is 1.50 bits per heavy atom. The first kappa shape index (κ1) is 20.3. The molecule has 0 spiro atoms. The number of nitrogens with zero attached hydrogens (tertiary/aromatic N) is 1. The van der Waals surface area contributed by atoms with Crippen LogP contribution in [0.4, 0.5) is 4.79 Å². The van der Waals surface area contributed by atoms with Crippen LogP contribution in [-0.4, -0.2) is 42.6 Å². The van der Waals surface area contributed by atoms with Crippen LogP contribution in [0.5, 0.6) is 0 Å². The van der Waals surface area contributed by atoms with E-state index in [1.54, 1.807) is 17.0 Å². The highest BCUT2D eigenvalue weighted by Crippen LogP contribution is 2.44. The van der Waals surface area contributed by atoms with E-state index in [-0.39, 0.29) is 24.5 Å². The van der Waals surface area contributed by atoms with Gasteiger partial charge in [0, 0.05) is 30.6 Å². The molecule has 3 aromatic rings. The first-order chi connectivity index (χ1) is 15.7. The lowest BCUT2D eigenvalue weighted by molar-refractivity contribution is -0.246. The minimum atomic E-state index is -0.527. The molecule has 3 aromatic carbocycles. The maximum Gasteiger partial charge on any atom is 0.441 e. The number of rotatable bonds is 5. The molecule has 1 fully saturated rings. The van der Waals surface area contributed by atoms with Crippen molar-refractivity contribution in [1.29, 1.82) is 0 Å². The number of carbonyl (C=O) groups is 2. The minimum absolute atomic E-state index is 0.0201. The largest absolute Gasteiger partial charge is 0.441 e. The Morgan fingerprint density at radius 1 is 0.875 bits per heavy atom. The zero-order valence-corrected chi connectivity index (χ0v) is 17.6. The van der Waals surface area contributed by atoms with E-state index in [2.05, 4.69) is 29.6 Å². The Morgan fingerprint density at radius 3 is 2.19 bits per heavy atom. The lowest BCUT2D eigenvalue weighted by atomic mass is 9.98. The lowest BCUT2D eigenvalue weighted by Gasteiger charge is -2.17. The van der Waals surface area contributed by atoms with Crippen molar-refractivity contribution in [2.45, 2.75) is 18.4 Å². The number of hydrogen-bond donors (Lipinski definition) is 1. The smallest absolute Gasteiger partial charge is 0.347 e. The Kier molecular flexibility index (Phi) is 5.60. The van der Waals surface area contributed by atoms with Gasteiger partial charge in [0.15, 0.2) is 0 Å². The van der Waals surface area contributed by atoms with Crippen LogP contribution in [0.3, 0.4) is 0 Å². The normalized spacial score (nSPS) is 17.0. The summed E-state index contributed by atoms with van der Waals surface area (Å²) in [6.07, 6.45) is 0.151. The molecule has 1 aliphatic carbocycles. The quantitative estimate of drug-likeness (QED) is 0.484. The summed E-state index contributed by atoms with van der Waals surface area (Å²) in [4.78, 5) is 36.9. The molecule has 6 heteroatoms.